The number of carbonyl (C=O) groups excluding carboxylic acids is 1. The summed E-state index contributed by atoms with van der Waals surface area (Å²) < 4.78 is 0. The minimum Gasteiger partial charge on any atom is -0.369 e. The fourth-order valence-corrected chi connectivity index (χ4v) is 2.41. The summed E-state index contributed by atoms with van der Waals surface area (Å²) in [6, 6.07) is 5.69. The molecule has 0 bridgehead atoms. The monoisotopic (exact) mass is 267 g/mol. The molecule has 1 aromatic rings. The third kappa shape index (κ3) is 2.76. The van der Waals surface area contributed by atoms with Crippen LogP contribution in [0, 0.1) is 0 Å². The lowest BCUT2D eigenvalue weighted by Gasteiger charge is -2.34. The van der Waals surface area contributed by atoms with Gasteiger partial charge in [-0.1, -0.05) is 0 Å². The van der Waals surface area contributed by atoms with E-state index in [-0.39, 0.29) is 0 Å². The second-order valence-electron chi connectivity index (χ2n) is 4.63. The molecular formula is C13H18ClN3O. The van der Waals surface area contributed by atoms with Gasteiger partial charge in [0.05, 0.1) is 0 Å². The quantitative estimate of drug-likeness (QED) is 0.840. The summed E-state index contributed by atoms with van der Waals surface area (Å²) in [7, 11) is 2.12. The number of nitrogens with two attached hydrogens (primary N) is 1. The van der Waals surface area contributed by atoms with Crippen LogP contribution in [-0.2, 0) is 5.88 Å². The lowest BCUT2D eigenvalue weighted by molar-refractivity contribution is 0.0999. The van der Waals surface area contributed by atoms with Crippen molar-refractivity contribution in [3.8, 4) is 0 Å². The van der Waals surface area contributed by atoms with Gasteiger partial charge < -0.3 is 15.5 Å². The molecule has 0 atom stereocenters. The van der Waals surface area contributed by atoms with Crippen LogP contribution in [0.25, 0.3) is 0 Å². The standard InChI is InChI=1S/C13H18ClN3O/c1-16-4-6-17(7-5-16)11-2-3-12(13(15)18)10(8-11)9-14/h2-3,8H,4-7,9H2,1H3,(H2,15,18). The van der Waals surface area contributed by atoms with Crippen molar-refractivity contribution < 1.29 is 4.79 Å². The lowest BCUT2D eigenvalue weighted by Crippen LogP contribution is -2.44. The molecule has 98 valence electrons. The fraction of sp³-hybridized carbons (Fsp3) is 0.462. The second-order valence-corrected chi connectivity index (χ2v) is 4.90. The summed E-state index contributed by atoms with van der Waals surface area (Å²) in [4.78, 5) is 15.9. The Morgan fingerprint density at radius 1 is 1.33 bits per heavy atom. The third-order valence-electron chi connectivity index (χ3n) is 3.37. The number of nitrogens with zero attached hydrogens (tertiary/aromatic N) is 2. The topological polar surface area (TPSA) is 49.6 Å². The largest absolute Gasteiger partial charge is 0.369 e. The minimum atomic E-state index is -0.421. The average Bonchev–Trinajstić information content (AvgIpc) is 2.38. The van der Waals surface area contributed by atoms with Gasteiger partial charge in [0.2, 0.25) is 5.91 Å². The summed E-state index contributed by atoms with van der Waals surface area (Å²) in [5.41, 5.74) is 7.76. The third-order valence-corrected chi connectivity index (χ3v) is 3.65. The zero-order valence-electron chi connectivity index (χ0n) is 10.5. The lowest BCUT2D eigenvalue weighted by atomic mass is 10.1. The number of halogens is 1. The Hall–Kier alpha value is -1.26. The zero-order valence-corrected chi connectivity index (χ0v) is 11.3. The molecule has 5 heteroatoms. The van der Waals surface area contributed by atoms with Crippen LogP contribution in [0.1, 0.15) is 15.9 Å². The molecule has 0 radical (unpaired) electrons. The first kappa shape index (κ1) is 13.2. The number of piperazine rings is 1. The van der Waals surface area contributed by atoms with Gasteiger partial charge in [-0.25, -0.2) is 0 Å². The molecule has 4 nitrogen and oxygen atoms in total. The Balaban J connectivity index is 2.22. The number of rotatable bonds is 3. The molecule has 0 aliphatic carbocycles. The Kier molecular flexibility index (Phi) is 4.09. The van der Waals surface area contributed by atoms with Crippen LogP contribution in [0.5, 0.6) is 0 Å². The van der Waals surface area contributed by atoms with Crippen molar-refractivity contribution in [1.82, 2.24) is 4.90 Å². The number of carbonyl (C=O) groups is 1. The van der Waals surface area contributed by atoms with Gasteiger partial charge in [-0.2, -0.15) is 0 Å². The number of amides is 1. The smallest absolute Gasteiger partial charge is 0.249 e. The highest BCUT2D eigenvalue weighted by Crippen LogP contribution is 2.22. The van der Waals surface area contributed by atoms with Gasteiger partial charge in [0, 0.05) is 43.3 Å². The SMILES string of the molecule is CN1CCN(c2ccc(C(N)=O)c(CCl)c2)CC1. The van der Waals surface area contributed by atoms with E-state index in [0.717, 1.165) is 37.4 Å². The molecule has 18 heavy (non-hydrogen) atoms. The average molecular weight is 268 g/mol. The number of primary amides is 1. The first-order valence-electron chi connectivity index (χ1n) is 6.04. The molecule has 0 spiro atoms. The maximum Gasteiger partial charge on any atom is 0.249 e. The van der Waals surface area contributed by atoms with Gasteiger partial charge in [-0.05, 0) is 30.8 Å². The molecule has 1 aromatic carbocycles. The van der Waals surface area contributed by atoms with Gasteiger partial charge in [0.15, 0.2) is 0 Å². The maximum atomic E-state index is 11.3. The van der Waals surface area contributed by atoms with E-state index in [1.165, 1.54) is 0 Å². The number of likely N-dealkylation sites (N-methyl/N-ethyl adjacent to an activating group) is 1. The molecule has 1 saturated heterocycles. The second kappa shape index (κ2) is 5.59. The molecule has 1 heterocycles. The van der Waals surface area contributed by atoms with Gasteiger partial charge in [0.25, 0.3) is 0 Å². The van der Waals surface area contributed by atoms with Crippen LogP contribution in [0.15, 0.2) is 18.2 Å². The number of hydrogen-bond donors (Lipinski definition) is 1. The minimum absolute atomic E-state index is 0.305. The number of hydrogen-bond acceptors (Lipinski definition) is 3. The summed E-state index contributed by atoms with van der Waals surface area (Å²) in [5.74, 6) is -0.115. The van der Waals surface area contributed by atoms with E-state index in [1.807, 2.05) is 12.1 Å². The van der Waals surface area contributed by atoms with Crippen LogP contribution in [0.4, 0.5) is 5.69 Å². The Morgan fingerprint density at radius 3 is 2.56 bits per heavy atom. The molecule has 0 saturated carbocycles. The predicted octanol–water partition coefficient (Wildman–Crippen LogP) is 1.28. The summed E-state index contributed by atoms with van der Waals surface area (Å²) in [5, 5.41) is 0. The van der Waals surface area contributed by atoms with E-state index < -0.39 is 5.91 Å². The normalized spacial score (nSPS) is 16.9. The molecule has 1 amide bonds. The van der Waals surface area contributed by atoms with Gasteiger partial charge in [-0.3, -0.25) is 4.79 Å². The van der Waals surface area contributed by atoms with Gasteiger partial charge in [0.1, 0.15) is 0 Å². The summed E-state index contributed by atoms with van der Waals surface area (Å²) >= 11 is 5.88. The Morgan fingerprint density at radius 2 is 2.00 bits per heavy atom. The highest BCUT2D eigenvalue weighted by atomic mass is 35.5. The van der Waals surface area contributed by atoms with Crippen LogP contribution in [0.3, 0.4) is 0 Å². The van der Waals surface area contributed by atoms with Crippen molar-refractivity contribution >= 4 is 23.2 Å². The van der Waals surface area contributed by atoms with Crippen molar-refractivity contribution in [2.75, 3.05) is 38.1 Å². The number of benzene rings is 1. The van der Waals surface area contributed by atoms with Crippen LogP contribution in [0.2, 0.25) is 0 Å². The maximum absolute atomic E-state index is 11.3. The molecule has 2 rings (SSSR count). The highest BCUT2D eigenvalue weighted by Gasteiger charge is 2.16. The first-order chi connectivity index (χ1) is 8.61. The molecule has 1 aliphatic heterocycles. The van der Waals surface area contributed by atoms with Crippen LogP contribution in [-0.4, -0.2) is 44.0 Å². The summed E-state index contributed by atoms with van der Waals surface area (Å²) in [6.45, 7) is 4.09. The van der Waals surface area contributed by atoms with E-state index in [4.69, 9.17) is 17.3 Å². The van der Waals surface area contributed by atoms with E-state index >= 15 is 0 Å². The fourth-order valence-electron chi connectivity index (χ4n) is 2.19. The van der Waals surface area contributed by atoms with Gasteiger partial charge >= 0.3 is 0 Å². The van der Waals surface area contributed by atoms with E-state index in [1.54, 1.807) is 6.07 Å². The zero-order chi connectivity index (χ0) is 13.1. The molecule has 2 N–H and O–H groups in total. The molecule has 1 fully saturated rings. The molecule has 0 unspecified atom stereocenters. The first-order valence-corrected chi connectivity index (χ1v) is 6.57. The van der Waals surface area contributed by atoms with Crippen molar-refractivity contribution in [3.63, 3.8) is 0 Å². The van der Waals surface area contributed by atoms with E-state index in [2.05, 4.69) is 16.8 Å². The number of alkyl halides is 1. The molecule has 1 aliphatic rings. The summed E-state index contributed by atoms with van der Waals surface area (Å²) in [6.07, 6.45) is 0. The number of anilines is 1. The molecular weight excluding hydrogens is 250 g/mol. The van der Waals surface area contributed by atoms with Crippen LogP contribution < -0.4 is 10.6 Å². The van der Waals surface area contributed by atoms with E-state index in [9.17, 15) is 4.79 Å². The van der Waals surface area contributed by atoms with Crippen molar-refractivity contribution in [2.45, 2.75) is 5.88 Å². The molecule has 0 aromatic heterocycles. The van der Waals surface area contributed by atoms with E-state index in [0.29, 0.717) is 11.4 Å². The predicted molar refractivity (Wildman–Crippen MR) is 74.2 cm³/mol. The van der Waals surface area contributed by atoms with Crippen LogP contribution >= 0.6 is 11.6 Å². The van der Waals surface area contributed by atoms with Gasteiger partial charge in [-0.15, -0.1) is 11.6 Å². The van der Waals surface area contributed by atoms with Crippen molar-refractivity contribution in [3.05, 3.63) is 29.3 Å². The van der Waals surface area contributed by atoms with Crippen molar-refractivity contribution in [1.29, 1.82) is 0 Å². The van der Waals surface area contributed by atoms with Crippen molar-refractivity contribution in [2.24, 2.45) is 5.73 Å². The highest BCUT2D eigenvalue weighted by molar-refractivity contribution is 6.17. The Bertz CT molecular complexity index is 442. The Labute approximate surface area is 112 Å².